The SMILES string of the molecule is Cc1nc(N(C)Cc2ccccc2)nc(N[C@@H]2C[C@H](CO)[C@@H](O)[C@H]2O)c1-c1nc2ccccc2s1. The summed E-state index contributed by atoms with van der Waals surface area (Å²) in [6.07, 6.45) is -1.58. The summed E-state index contributed by atoms with van der Waals surface area (Å²) in [5, 5.41) is 34.8. The molecule has 2 heterocycles. The molecule has 4 atom stereocenters. The van der Waals surface area contributed by atoms with E-state index in [1.165, 1.54) is 0 Å². The largest absolute Gasteiger partial charge is 0.396 e. The number of hydrogen-bond donors (Lipinski definition) is 4. The number of nitrogens with one attached hydrogen (secondary N) is 1. The maximum absolute atomic E-state index is 10.6. The molecule has 5 rings (SSSR count). The first-order valence-corrected chi connectivity index (χ1v) is 12.5. The van der Waals surface area contributed by atoms with E-state index in [2.05, 4.69) is 17.4 Å². The normalized spacial score (nSPS) is 22.0. The van der Waals surface area contributed by atoms with Crippen LogP contribution in [0.5, 0.6) is 0 Å². The number of aryl methyl sites for hydroxylation is 1. The Hall–Kier alpha value is -3.11. The van der Waals surface area contributed by atoms with Crippen molar-refractivity contribution in [2.24, 2.45) is 5.92 Å². The van der Waals surface area contributed by atoms with E-state index in [1.807, 2.05) is 61.3 Å². The Labute approximate surface area is 207 Å². The van der Waals surface area contributed by atoms with Crippen molar-refractivity contribution in [1.29, 1.82) is 0 Å². The monoisotopic (exact) mass is 491 g/mol. The molecule has 0 aliphatic heterocycles. The quantitative estimate of drug-likeness (QED) is 0.312. The van der Waals surface area contributed by atoms with Gasteiger partial charge in [0.15, 0.2) is 0 Å². The smallest absolute Gasteiger partial charge is 0.227 e. The van der Waals surface area contributed by atoms with Crippen LogP contribution in [0.3, 0.4) is 0 Å². The number of fused-ring (bicyclic) bond motifs is 1. The lowest BCUT2D eigenvalue weighted by Crippen LogP contribution is -2.36. The number of nitrogens with zero attached hydrogens (tertiary/aromatic N) is 4. The van der Waals surface area contributed by atoms with Crippen LogP contribution in [-0.4, -0.2) is 62.2 Å². The first kappa shape index (κ1) is 23.6. The average molecular weight is 492 g/mol. The molecule has 8 nitrogen and oxygen atoms in total. The summed E-state index contributed by atoms with van der Waals surface area (Å²) >= 11 is 1.56. The van der Waals surface area contributed by atoms with Crippen LogP contribution in [0.15, 0.2) is 54.6 Å². The Balaban J connectivity index is 1.55. The maximum atomic E-state index is 10.6. The van der Waals surface area contributed by atoms with Gasteiger partial charge in [0.2, 0.25) is 5.95 Å². The molecule has 182 valence electrons. The molecule has 0 radical (unpaired) electrons. The number of thiazole rings is 1. The van der Waals surface area contributed by atoms with Gasteiger partial charge in [0.05, 0.1) is 33.6 Å². The minimum atomic E-state index is -1.02. The van der Waals surface area contributed by atoms with Crippen LogP contribution in [-0.2, 0) is 6.54 Å². The van der Waals surface area contributed by atoms with Crippen molar-refractivity contribution >= 4 is 33.3 Å². The van der Waals surface area contributed by atoms with Gasteiger partial charge in [-0.1, -0.05) is 42.5 Å². The Bertz CT molecular complexity index is 1280. The molecule has 0 spiro atoms. The van der Waals surface area contributed by atoms with Gasteiger partial charge in [-0.2, -0.15) is 4.98 Å². The summed E-state index contributed by atoms with van der Waals surface area (Å²) in [5.74, 6) is 0.711. The lowest BCUT2D eigenvalue weighted by Gasteiger charge is -2.23. The van der Waals surface area contributed by atoms with E-state index in [9.17, 15) is 15.3 Å². The number of hydrogen-bond acceptors (Lipinski definition) is 9. The third kappa shape index (κ3) is 4.72. The molecule has 1 saturated carbocycles. The van der Waals surface area contributed by atoms with Gasteiger partial charge < -0.3 is 25.5 Å². The van der Waals surface area contributed by atoms with Crippen LogP contribution in [0.4, 0.5) is 11.8 Å². The van der Waals surface area contributed by atoms with Crippen LogP contribution in [0.1, 0.15) is 17.7 Å². The van der Waals surface area contributed by atoms with Crippen LogP contribution < -0.4 is 10.2 Å². The van der Waals surface area contributed by atoms with Crippen molar-refractivity contribution in [2.45, 2.75) is 38.1 Å². The molecular weight excluding hydrogens is 462 g/mol. The predicted molar refractivity (Wildman–Crippen MR) is 139 cm³/mol. The fourth-order valence-corrected chi connectivity index (χ4v) is 5.68. The number of aromatic nitrogens is 3. The number of aliphatic hydroxyl groups is 3. The van der Waals surface area contributed by atoms with Gasteiger partial charge in [0.1, 0.15) is 16.9 Å². The maximum Gasteiger partial charge on any atom is 0.227 e. The zero-order chi connectivity index (χ0) is 24.5. The van der Waals surface area contributed by atoms with E-state index in [1.54, 1.807) is 11.3 Å². The van der Waals surface area contributed by atoms with Gasteiger partial charge in [-0.15, -0.1) is 11.3 Å². The highest BCUT2D eigenvalue weighted by Crippen LogP contribution is 2.38. The van der Waals surface area contributed by atoms with Crippen molar-refractivity contribution in [1.82, 2.24) is 15.0 Å². The fourth-order valence-electron chi connectivity index (χ4n) is 4.62. The van der Waals surface area contributed by atoms with Crippen LogP contribution in [0.25, 0.3) is 20.8 Å². The number of rotatable bonds is 7. The second-order valence-corrected chi connectivity index (χ2v) is 10.1. The second-order valence-electron chi connectivity index (χ2n) is 9.07. The Morgan fingerprint density at radius 1 is 1.00 bits per heavy atom. The van der Waals surface area contributed by atoms with Crippen molar-refractivity contribution in [3.63, 3.8) is 0 Å². The summed E-state index contributed by atoms with van der Waals surface area (Å²) in [6.45, 7) is 2.39. The highest BCUT2D eigenvalue weighted by atomic mass is 32.1. The Kier molecular flexibility index (Phi) is 6.66. The molecule has 0 amide bonds. The Morgan fingerprint density at radius 2 is 1.74 bits per heavy atom. The second kappa shape index (κ2) is 9.87. The number of anilines is 2. The summed E-state index contributed by atoms with van der Waals surface area (Å²) in [4.78, 5) is 16.5. The summed E-state index contributed by atoms with van der Waals surface area (Å²) in [6, 6.07) is 17.6. The molecular formula is C26H29N5O3S. The van der Waals surface area contributed by atoms with E-state index in [4.69, 9.17) is 15.0 Å². The highest BCUT2D eigenvalue weighted by Gasteiger charge is 2.41. The third-order valence-corrected chi connectivity index (χ3v) is 7.60. The van der Waals surface area contributed by atoms with E-state index in [0.717, 1.165) is 32.0 Å². The van der Waals surface area contributed by atoms with Crippen molar-refractivity contribution in [3.05, 3.63) is 65.9 Å². The summed E-state index contributed by atoms with van der Waals surface area (Å²) < 4.78 is 1.06. The number of aliphatic hydroxyl groups excluding tert-OH is 3. The van der Waals surface area contributed by atoms with Gasteiger partial charge >= 0.3 is 0 Å². The lowest BCUT2D eigenvalue weighted by molar-refractivity contribution is 0.00446. The molecule has 1 aliphatic carbocycles. The van der Waals surface area contributed by atoms with Gasteiger partial charge in [0, 0.05) is 26.1 Å². The Morgan fingerprint density at radius 3 is 2.46 bits per heavy atom. The van der Waals surface area contributed by atoms with E-state index < -0.39 is 24.2 Å². The van der Waals surface area contributed by atoms with Gasteiger partial charge in [-0.3, -0.25) is 0 Å². The molecule has 4 N–H and O–H groups in total. The zero-order valence-electron chi connectivity index (χ0n) is 19.7. The molecule has 1 aliphatic rings. The minimum Gasteiger partial charge on any atom is -0.396 e. The van der Waals surface area contributed by atoms with E-state index >= 15 is 0 Å². The van der Waals surface area contributed by atoms with Gasteiger partial charge in [-0.25, -0.2) is 9.97 Å². The summed E-state index contributed by atoms with van der Waals surface area (Å²) in [7, 11) is 1.94. The van der Waals surface area contributed by atoms with Crippen LogP contribution in [0, 0.1) is 12.8 Å². The lowest BCUT2D eigenvalue weighted by atomic mass is 10.1. The summed E-state index contributed by atoms with van der Waals surface area (Å²) in [5.41, 5.74) is 3.58. The van der Waals surface area contributed by atoms with E-state index in [-0.39, 0.29) is 6.61 Å². The predicted octanol–water partition coefficient (Wildman–Crippen LogP) is 3.21. The molecule has 2 aromatic carbocycles. The highest BCUT2D eigenvalue weighted by molar-refractivity contribution is 7.21. The first-order valence-electron chi connectivity index (χ1n) is 11.7. The van der Waals surface area contributed by atoms with E-state index in [0.29, 0.717) is 24.7 Å². The number of para-hydroxylation sites is 1. The topological polar surface area (TPSA) is 115 Å². The first-order chi connectivity index (χ1) is 16.9. The van der Waals surface area contributed by atoms with Crippen molar-refractivity contribution in [3.8, 4) is 10.6 Å². The molecule has 9 heteroatoms. The van der Waals surface area contributed by atoms with Crippen LogP contribution in [0.2, 0.25) is 0 Å². The molecule has 1 fully saturated rings. The minimum absolute atomic E-state index is 0.186. The fraction of sp³-hybridized carbons (Fsp3) is 0.346. The zero-order valence-corrected chi connectivity index (χ0v) is 20.5. The molecule has 4 aromatic rings. The molecule has 2 aromatic heterocycles. The number of benzene rings is 2. The van der Waals surface area contributed by atoms with Crippen molar-refractivity contribution < 1.29 is 15.3 Å². The standard InChI is InChI=1S/C26H29N5O3S/c1-15-21(25-29-18-10-6-7-11-20(18)35-25)24(28-19-12-17(14-32)22(33)23(19)34)30-26(27-15)31(2)13-16-8-4-3-5-9-16/h3-11,17,19,22-23,32-34H,12-14H2,1-2H3,(H,27,28,30)/t17-,19-,22-,23+/m1/s1. The average Bonchev–Trinajstić information content (AvgIpc) is 3.40. The van der Waals surface area contributed by atoms with Crippen LogP contribution >= 0.6 is 11.3 Å². The third-order valence-electron chi connectivity index (χ3n) is 6.55. The molecule has 0 unspecified atom stereocenters. The molecule has 0 bridgehead atoms. The molecule has 0 saturated heterocycles. The van der Waals surface area contributed by atoms with Gasteiger partial charge in [0.25, 0.3) is 0 Å². The van der Waals surface area contributed by atoms with Gasteiger partial charge in [-0.05, 0) is 31.0 Å². The van der Waals surface area contributed by atoms with Crippen molar-refractivity contribution in [2.75, 3.05) is 23.9 Å². The molecule has 35 heavy (non-hydrogen) atoms.